The van der Waals surface area contributed by atoms with Gasteiger partial charge in [0.15, 0.2) is 0 Å². The first kappa shape index (κ1) is 16.9. The molecular weight excluding hydrogens is 396 g/mol. The van der Waals surface area contributed by atoms with E-state index in [0.29, 0.717) is 12.1 Å². The molecule has 0 spiro atoms. The van der Waals surface area contributed by atoms with Crippen molar-refractivity contribution >= 4 is 37.9 Å². The van der Waals surface area contributed by atoms with Gasteiger partial charge in [-0.2, -0.15) is 0 Å². The molecule has 26 heavy (non-hydrogen) atoms. The van der Waals surface area contributed by atoms with E-state index in [1.807, 2.05) is 59.2 Å². The van der Waals surface area contributed by atoms with Gasteiger partial charge in [-0.3, -0.25) is 5.21 Å². The molecule has 2 aromatic heterocycles. The van der Waals surface area contributed by atoms with E-state index in [2.05, 4.69) is 15.9 Å². The van der Waals surface area contributed by atoms with Crippen LogP contribution in [0.1, 0.15) is 0 Å². The first-order valence-electron chi connectivity index (χ1n) is 8.31. The fraction of sp³-hybridized carbons (Fsp3) is 0.150. The fourth-order valence-corrected chi connectivity index (χ4v) is 3.56. The smallest absolute Gasteiger partial charge is 0.290 e. The van der Waals surface area contributed by atoms with Crippen LogP contribution in [0.4, 0.5) is 0 Å². The Morgan fingerprint density at radius 1 is 1.04 bits per heavy atom. The standard InChI is InChI=1S/C20H18BrN2O3/c21-14-8-9-18-17(11-14)20-19(7-4-10-23(20)25)22(18)12-15(24)13-26-16-5-2-1-3-6-16/h1-11,15,24-25H,12-13H2/q+1. The number of fused-ring (bicyclic) bond motifs is 3. The normalized spacial score (nSPS) is 12.5. The van der Waals surface area contributed by atoms with Gasteiger partial charge < -0.3 is 14.4 Å². The summed E-state index contributed by atoms with van der Waals surface area (Å²) in [6.07, 6.45) is 0.909. The van der Waals surface area contributed by atoms with Gasteiger partial charge in [0.05, 0.1) is 17.4 Å². The van der Waals surface area contributed by atoms with Crippen molar-refractivity contribution in [3.8, 4) is 5.75 Å². The summed E-state index contributed by atoms with van der Waals surface area (Å²) in [5.74, 6) is 0.728. The Morgan fingerprint density at radius 2 is 1.85 bits per heavy atom. The van der Waals surface area contributed by atoms with Gasteiger partial charge in [0.25, 0.3) is 5.52 Å². The Balaban J connectivity index is 1.68. The summed E-state index contributed by atoms with van der Waals surface area (Å²) in [5.41, 5.74) is 2.50. The summed E-state index contributed by atoms with van der Waals surface area (Å²) in [5, 5.41) is 21.7. The topological polar surface area (TPSA) is 58.5 Å². The van der Waals surface area contributed by atoms with Gasteiger partial charge >= 0.3 is 0 Å². The van der Waals surface area contributed by atoms with Crippen LogP contribution in [0.15, 0.2) is 71.3 Å². The van der Waals surface area contributed by atoms with Gasteiger partial charge in [-0.05, 0) is 36.4 Å². The second-order valence-electron chi connectivity index (χ2n) is 6.14. The zero-order valence-corrected chi connectivity index (χ0v) is 15.5. The number of pyridine rings is 1. The van der Waals surface area contributed by atoms with Crippen molar-refractivity contribution in [3.05, 3.63) is 71.3 Å². The van der Waals surface area contributed by atoms with Gasteiger partial charge in [0, 0.05) is 15.3 Å². The van der Waals surface area contributed by atoms with Gasteiger partial charge in [0.1, 0.15) is 24.0 Å². The zero-order valence-electron chi connectivity index (χ0n) is 13.9. The molecule has 0 radical (unpaired) electrons. The number of halogens is 1. The van der Waals surface area contributed by atoms with Crippen molar-refractivity contribution in [2.45, 2.75) is 12.6 Å². The molecule has 1 atom stereocenters. The molecule has 0 bridgehead atoms. The highest BCUT2D eigenvalue weighted by Gasteiger charge is 2.21. The molecule has 0 saturated carbocycles. The number of hydrogen-bond donors (Lipinski definition) is 2. The van der Waals surface area contributed by atoms with E-state index < -0.39 is 6.10 Å². The third-order valence-corrected chi connectivity index (χ3v) is 4.82. The second kappa shape index (κ2) is 6.97. The van der Waals surface area contributed by atoms with Crippen molar-refractivity contribution in [1.29, 1.82) is 0 Å². The summed E-state index contributed by atoms with van der Waals surface area (Å²) < 4.78 is 9.71. The minimum atomic E-state index is -0.690. The van der Waals surface area contributed by atoms with Crippen LogP contribution in [0.3, 0.4) is 0 Å². The second-order valence-corrected chi connectivity index (χ2v) is 7.05. The summed E-state index contributed by atoms with van der Waals surface area (Å²) in [4.78, 5) is 0. The Morgan fingerprint density at radius 3 is 2.65 bits per heavy atom. The molecule has 4 aromatic rings. The molecule has 0 amide bonds. The molecule has 2 aromatic carbocycles. The van der Waals surface area contributed by atoms with Crippen LogP contribution in [-0.2, 0) is 6.54 Å². The third kappa shape index (κ3) is 3.13. The van der Waals surface area contributed by atoms with E-state index in [-0.39, 0.29) is 6.61 Å². The van der Waals surface area contributed by atoms with Gasteiger partial charge in [-0.15, -0.1) is 0 Å². The van der Waals surface area contributed by atoms with Crippen molar-refractivity contribution in [1.82, 2.24) is 4.57 Å². The van der Waals surface area contributed by atoms with Gasteiger partial charge in [-0.25, -0.2) is 0 Å². The molecule has 5 nitrogen and oxygen atoms in total. The van der Waals surface area contributed by atoms with Crippen LogP contribution in [0.5, 0.6) is 5.75 Å². The Labute approximate surface area is 158 Å². The van der Waals surface area contributed by atoms with Crippen LogP contribution in [-0.4, -0.2) is 27.6 Å². The fourth-order valence-electron chi connectivity index (χ4n) is 3.20. The Bertz CT molecular complexity index is 1060. The number of rotatable bonds is 5. The molecule has 0 aliphatic rings. The Hall–Kier alpha value is -2.57. The number of aromatic nitrogens is 2. The monoisotopic (exact) mass is 413 g/mol. The minimum absolute atomic E-state index is 0.188. The first-order valence-corrected chi connectivity index (χ1v) is 9.10. The first-order chi connectivity index (χ1) is 12.6. The van der Waals surface area contributed by atoms with Crippen LogP contribution in [0.2, 0.25) is 0 Å². The molecule has 4 rings (SSSR count). The van der Waals surface area contributed by atoms with Crippen molar-refractivity contribution in [2.24, 2.45) is 0 Å². The molecule has 6 heteroatoms. The number of hydrogen-bond acceptors (Lipinski definition) is 3. The lowest BCUT2D eigenvalue weighted by molar-refractivity contribution is -0.884. The summed E-state index contributed by atoms with van der Waals surface area (Å²) in [7, 11) is 0. The molecule has 0 aliphatic heterocycles. The average molecular weight is 414 g/mol. The molecule has 0 saturated heterocycles. The van der Waals surface area contributed by atoms with E-state index in [4.69, 9.17) is 4.74 Å². The lowest BCUT2D eigenvalue weighted by atomic mass is 10.2. The van der Waals surface area contributed by atoms with Crippen molar-refractivity contribution < 1.29 is 19.8 Å². The SMILES string of the molecule is OC(COc1ccccc1)Cn1c2ccc(Br)cc2c2c1ccc[n+]2O. The Kier molecular flexibility index (Phi) is 4.53. The maximum Gasteiger partial charge on any atom is 0.290 e. The van der Waals surface area contributed by atoms with Crippen molar-refractivity contribution in [2.75, 3.05) is 6.61 Å². The highest BCUT2D eigenvalue weighted by molar-refractivity contribution is 9.10. The number of ether oxygens (including phenoxy) is 1. The minimum Gasteiger partial charge on any atom is -0.491 e. The van der Waals surface area contributed by atoms with Crippen LogP contribution in [0.25, 0.3) is 21.9 Å². The predicted octanol–water partition coefficient (Wildman–Crippen LogP) is 3.52. The van der Waals surface area contributed by atoms with Gasteiger partial charge in [-0.1, -0.05) is 34.1 Å². The summed E-state index contributed by atoms with van der Waals surface area (Å²) in [6.45, 7) is 0.548. The molecule has 0 fully saturated rings. The molecule has 0 aliphatic carbocycles. The van der Waals surface area contributed by atoms with E-state index >= 15 is 0 Å². The zero-order chi connectivity index (χ0) is 18.1. The molecule has 2 heterocycles. The summed E-state index contributed by atoms with van der Waals surface area (Å²) in [6, 6.07) is 19.0. The molecule has 132 valence electrons. The molecule has 2 N–H and O–H groups in total. The van der Waals surface area contributed by atoms with E-state index in [9.17, 15) is 10.3 Å². The molecule has 1 unspecified atom stereocenters. The number of nitrogens with zero attached hydrogens (tertiary/aromatic N) is 2. The third-order valence-electron chi connectivity index (χ3n) is 4.33. The quantitative estimate of drug-likeness (QED) is 0.388. The summed E-state index contributed by atoms with van der Waals surface area (Å²) >= 11 is 3.48. The number of aliphatic hydroxyl groups is 1. The maximum absolute atomic E-state index is 10.5. The van der Waals surface area contributed by atoms with Crippen molar-refractivity contribution in [3.63, 3.8) is 0 Å². The van der Waals surface area contributed by atoms with Crippen LogP contribution >= 0.6 is 15.9 Å². The largest absolute Gasteiger partial charge is 0.491 e. The van der Waals surface area contributed by atoms with E-state index in [0.717, 1.165) is 31.4 Å². The van der Waals surface area contributed by atoms with Crippen LogP contribution < -0.4 is 9.47 Å². The highest BCUT2D eigenvalue weighted by Crippen LogP contribution is 2.29. The van der Waals surface area contributed by atoms with E-state index in [1.165, 1.54) is 0 Å². The number of benzene rings is 2. The lowest BCUT2D eigenvalue weighted by Crippen LogP contribution is -2.30. The number of aliphatic hydroxyl groups excluding tert-OH is 1. The predicted molar refractivity (Wildman–Crippen MR) is 102 cm³/mol. The highest BCUT2D eigenvalue weighted by atomic mass is 79.9. The average Bonchev–Trinajstić information content (AvgIpc) is 2.95. The van der Waals surface area contributed by atoms with Crippen LogP contribution in [0, 0.1) is 0 Å². The number of para-hydroxylation sites is 1. The molecular formula is C20H18BrN2O3+. The maximum atomic E-state index is 10.5. The van der Waals surface area contributed by atoms with E-state index in [1.54, 1.807) is 12.3 Å². The lowest BCUT2D eigenvalue weighted by Gasteiger charge is -2.14. The van der Waals surface area contributed by atoms with Gasteiger partial charge in [0.2, 0.25) is 6.20 Å².